The van der Waals surface area contributed by atoms with Crippen molar-refractivity contribution in [3.63, 3.8) is 0 Å². The van der Waals surface area contributed by atoms with Gasteiger partial charge in [-0.3, -0.25) is 4.79 Å². The molecule has 2 aliphatic rings. The summed E-state index contributed by atoms with van der Waals surface area (Å²) in [6, 6.07) is 8.59. The van der Waals surface area contributed by atoms with Crippen molar-refractivity contribution in [2.75, 3.05) is 20.3 Å². The molecule has 0 bridgehead atoms. The summed E-state index contributed by atoms with van der Waals surface area (Å²) in [6.07, 6.45) is 1.35. The predicted octanol–water partition coefficient (Wildman–Crippen LogP) is 4.49. The van der Waals surface area contributed by atoms with Crippen molar-refractivity contribution < 1.29 is 33.6 Å². The maximum atomic E-state index is 12.7. The fourth-order valence-corrected chi connectivity index (χ4v) is 3.71. The quantitative estimate of drug-likeness (QED) is 0.635. The molecule has 0 unspecified atom stereocenters. The molecule has 7 nitrogen and oxygen atoms in total. The summed E-state index contributed by atoms with van der Waals surface area (Å²) in [7, 11) is 1.44. The number of carbonyl (C=O) groups excluding carboxylic acids is 2. The standard InChI is InChI=1S/C25H28O7/c1-24(2,3)13-32-23(28)25(10-11-25)14-31-20-16(8-9-19(26)21(20)29-4)15-6-5-7-17-18(15)12-30-22(17)27/h5-9,26H,10-14H2,1-4H3. The zero-order valence-electron chi connectivity index (χ0n) is 18.8. The number of esters is 2. The summed E-state index contributed by atoms with van der Waals surface area (Å²) in [5.74, 6) is -0.230. The van der Waals surface area contributed by atoms with E-state index in [0.717, 1.165) is 11.1 Å². The van der Waals surface area contributed by atoms with E-state index in [4.69, 9.17) is 18.9 Å². The number of aromatic hydroxyl groups is 1. The Morgan fingerprint density at radius 3 is 2.47 bits per heavy atom. The number of fused-ring (bicyclic) bond motifs is 1. The minimum atomic E-state index is -0.698. The highest BCUT2D eigenvalue weighted by atomic mass is 16.5. The average molecular weight is 440 g/mol. The van der Waals surface area contributed by atoms with Gasteiger partial charge in [0, 0.05) is 11.1 Å². The Hall–Kier alpha value is -3.22. The highest BCUT2D eigenvalue weighted by Crippen LogP contribution is 2.50. The average Bonchev–Trinajstić information content (AvgIpc) is 3.46. The normalized spacial score (nSPS) is 16.2. The van der Waals surface area contributed by atoms with Crippen molar-refractivity contribution >= 4 is 11.9 Å². The third kappa shape index (κ3) is 4.11. The lowest BCUT2D eigenvalue weighted by atomic mass is 9.95. The van der Waals surface area contributed by atoms with Crippen molar-refractivity contribution in [1.29, 1.82) is 0 Å². The first-order valence-electron chi connectivity index (χ1n) is 10.6. The van der Waals surface area contributed by atoms with Crippen LogP contribution in [-0.4, -0.2) is 37.4 Å². The SMILES string of the molecule is COc1c(O)ccc(-c2cccc3c2COC3=O)c1OCC1(C(=O)OCC(C)(C)C)CC1. The number of hydrogen-bond acceptors (Lipinski definition) is 7. The van der Waals surface area contributed by atoms with Gasteiger partial charge in [0.05, 0.1) is 19.3 Å². The summed E-state index contributed by atoms with van der Waals surface area (Å²) in [5.41, 5.74) is 1.83. The van der Waals surface area contributed by atoms with Gasteiger partial charge in [0.1, 0.15) is 18.6 Å². The Morgan fingerprint density at radius 2 is 1.81 bits per heavy atom. The molecule has 7 heteroatoms. The molecule has 32 heavy (non-hydrogen) atoms. The Kier molecular flexibility index (Phi) is 5.53. The van der Waals surface area contributed by atoms with Gasteiger partial charge in [-0.05, 0) is 42.0 Å². The molecule has 2 aromatic carbocycles. The van der Waals surface area contributed by atoms with Crippen molar-refractivity contribution in [2.24, 2.45) is 10.8 Å². The first kappa shape index (κ1) is 22.0. The molecule has 0 spiro atoms. The first-order valence-corrected chi connectivity index (χ1v) is 10.6. The molecule has 0 saturated heterocycles. The van der Waals surface area contributed by atoms with Gasteiger partial charge in [-0.1, -0.05) is 32.9 Å². The zero-order valence-corrected chi connectivity index (χ0v) is 18.8. The van der Waals surface area contributed by atoms with Crippen LogP contribution >= 0.6 is 0 Å². The molecule has 1 saturated carbocycles. The summed E-state index contributed by atoms with van der Waals surface area (Å²) in [4.78, 5) is 24.7. The predicted molar refractivity (Wildman–Crippen MR) is 117 cm³/mol. The molecule has 2 aromatic rings. The second-order valence-electron chi connectivity index (χ2n) is 9.61. The number of carbonyl (C=O) groups is 2. The molecular formula is C25H28O7. The Labute approximate surface area is 187 Å². The lowest BCUT2D eigenvalue weighted by molar-refractivity contribution is -0.154. The van der Waals surface area contributed by atoms with Gasteiger partial charge in [0.2, 0.25) is 5.75 Å². The van der Waals surface area contributed by atoms with E-state index in [1.54, 1.807) is 18.2 Å². The van der Waals surface area contributed by atoms with E-state index < -0.39 is 5.41 Å². The second-order valence-corrected chi connectivity index (χ2v) is 9.61. The van der Waals surface area contributed by atoms with Gasteiger partial charge < -0.3 is 24.1 Å². The minimum Gasteiger partial charge on any atom is -0.504 e. The Bertz CT molecular complexity index is 1060. The Morgan fingerprint density at radius 1 is 1.09 bits per heavy atom. The van der Waals surface area contributed by atoms with E-state index in [9.17, 15) is 14.7 Å². The molecule has 0 atom stereocenters. The molecule has 170 valence electrons. The molecule has 4 rings (SSSR count). The van der Waals surface area contributed by atoms with Gasteiger partial charge in [0.15, 0.2) is 11.5 Å². The van der Waals surface area contributed by atoms with Crippen LogP contribution in [0.1, 0.15) is 49.5 Å². The van der Waals surface area contributed by atoms with Crippen LogP contribution in [0.5, 0.6) is 17.2 Å². The van der Waals surface area contributed by atoms with Crippen LogP contribution in [0.25, 0.3) is 11.1 Å². The van der Waals surface area contributed by atoms with Gasteiger partial charge in [0.25, 0.3) is 0 Å². The highest BCUT2D eigenvalue weighted by molar-refractivity contribution is 5.96. The monoisotopic (exact) mass is 440 g/mol. The second kappa shape index (κ2) is 8.04. The number of cyclic esters (lactones) is 1. The van der Waals surface area contributed by atoms with Gasteiger partial charge >= 0.3 is 11.9 Å². The van der Waals surface area contributed by atoms with Crippen LogP contribution in [-0.2, 0) is 20.9 Å². The van der Waals surface area contributed by atoms with E-state index in [1.807, 2.05) is 26.8 Å². The van der Waals surface area contributed by atoms with Gasteiger partial charge in [-0.2, -0.15) is 0 Å². The zero-order chi connectivity index (χ0) is 23.1. The topological polar surface area (TPSA) is 91.3 Å². The highest BCUT2D eigenvalue weighted by Gasteiger charge is 2.53. The van der Waals surface area contributed by atoms with Crippen molar-refractivity contribution in [1.82, 2.24) is 0 Å². The van der Waals surface area contributed by atoms with Crippen LogP contribution < -0.4 is 9.47 Å². The smallest absolute Gasteiger partial charge is 0.338 e. The van der Waals surface area contributed by atoms with Gasteiger partial charge in [-0.15, -0.1) is 0 Å². The molecule has 1 aliphatic heterocycles. The van der Waals surface area contributed by atoms with Crippen molar-refractivity contribution in [3.8, 4) is 28.4 Å². The number of hydrogen-bond donors (Lipinski definition) is 1. The molecule has 0 amide bonds. The largest absolute Gasteiger partial charge is 0.504 e. The summed E-state index contributed by atoms with van der Waals surface area (Å²) >= 11 is 0. The number of benzene rings is 2. The number of phenols is 1. The number of rotatable bonds is 7. The molecule has 1 heterocycles. The van der Waals surface area contributed by atoms with Gasteiger partial charge in [-0.25, -0.2) is 4.79 Å². The molecule has 0 radical (unpaired) electrons. The van der Waals surface area contributed by atoms with Crippen LogP contribution in [0.2, 0.25) is 0 Å². The number of phenolic OH excluding ortho intramolecular Hbond substituents is 1. The van der Waals surface area contributed by atoms with Crippen molar-refractivity contribution in [2.45, 2.75) is 40.2 Å². The molecular weight excluding hydrogens is 412 g/mol. The van der Waals surface area contributed by atoms with E-state index in [-0.39, 0.29) is 42.1 Å². The summed E-state index contributed by atoms with van der Waals surface area (Å²) in [5, 5.41) is 10.4. The molecule has 1 aliphatic carbocycles. The minimum absolute atomic E-state index is 0.0775. The maximum Gasteiger partial charge on any atom is 0.338 e. The third-order valence-corrected chi connectivity index (χ3v) is 5.74. The molecule has 1 fully saturated rings. The van der Waals surface area contributed by atoms with Crippen molar-refractivity contribution in [3.05, 3.63) is 41.5 Å². The Balaban J connectivity index is 1.65. The molecule has 1 N–H and O–H groups in total. The van der Waals surface area contributed by atoms with E-state index in [1.165, 1.54) is 13.2 Å². The van der Waals surface area contributed by atoms with E-state index in [0.29, 0.717) is 36.3 Å². The summed E-state index contributed by atoms with van der Waals surface area (Å²) < 4.78 is 22.3. The maximum absolute atomic E-state index is 12.7. The van der Waals surface area contributed by atoms with Crippen LogP contribution in [0.3, 0.4) is 0 Å². The fraction of sp³-hybridized carbons (Fsp3) is 0.440. The van der Waals surface area contributed by atoms with Crippen LogP contribution in [0, 0.1) is 10.8 Å². The number of methoxy groups -OCH3 is 1. The van der Waals surface area contributed by atoms with Crippen LogP contribution in [0.4, 0.5) is 0 Å². The van der Waals surface area contributed by atoms with E-state index in [2.05, 4.69) is 0 Å². The summed E-state index contributed by atoms with van der Waals surface area (Å²) in [6.45, 7) is 6.62. The lowest BCUT2D eigenvalue weighted by Gasteiger charge is -2.22. The lowest BCUT2D eigenvalue weighted by Crippen LogP contribution is -2.29. The fourth-order valence-electron chi connectivity index (χ4n) is 3.71. The first-order chi connectivity index (χ1) is 15.1. The van der Waals surface area contributed by atoms with E-state index >= 15 is 0 Å². The third-order valence-electron chi connectivity index (χ3n) is 5.74. The van der Waals surface area contributed by atoms with Crippen LogP contribution in [0.15, 0.2) is 30.3 Å². The molecule has 0 aromatic heterocycles. The number of ether oxygens (including phenoxy) is 4.